The third-order valence-corrected chi connectivity index (χ3v) is 12.2. The summed E-state index contributed by atoms with van der Waals surface area (Å²) in [5.74, 6) is -0.863. The Kier molecular flexibility index (Phi) is 12.3. The van der Waals surface area contributed by atoms with E-state index in [1.54, 1.807) is 136 Å². The zero-order valence-electron chi connectivity index (χ0n) is 29.6. The van der Waals surface area contributed by atoms with Crippen LogP contribution in [0.2, 0.25) is 0 Å². The quantitative estimate of drug-likeness (QED) is 0.0694. The molecule has 5 rings (SSSR count). The molecule has 53 heavy (non-hydrogen) atoms. The molecular weight excluding hydrogens is 713 g/mol. The van der Waals surface area contributed by atoms with Crippen molar-refractivity contribution in [1.29, 1.82) is 0 Å². The number of ether oxygens (including phenoxy) is 3. The van der Waals surface area contributed by atoms with E-state index < -0.39 is 43.2 Å². The van der Waals surface area contributed by atoms with Crippen LogP contribution in [0.1, 0.15) is 47.8 Å². The summed E-state index contributed by atoms with van der Waals surface area (Å²) in [6.45, 7) is 5.05. The van der Waals surface area contributed by atoms with E-state index in [9.17, 15) is 22.8 Å². The van der Waals surface area contributed by atoms with Gasteiger partial charge in [0, 0.05) is 17.5 Å². The van der Waals surface area contributed by atoms with E-state index in [2.05, 4.69) is 10.6 Å². The highest BCUT2D eigenvalue weighted by molar-refractivity contribution is 8.72. The molecule has 2 amide bonds. The van der Waals surface area contributed by atoms with Crippen molar-refractivity contribution in [1.82, 2.24) is 5.32 Å². The smallest absolute Gasteiger partial charge is 0.408 e. The summed E-state index contributed by atoms with van der Waals surface area (Å²) in [5.41, 5.74) is 1.27. The topological polar surface area (TPSA) is 137 Å². The van der Waals surface area contributed by atoms with Crippen molar-refractivity contribution in [3.05, 3.63) is 162 Å². The Hall–Kier alpha value is -5.59. The predicted molar refractivity (Wildman–Crippen MR) is 207 cm³/mol. The number of rotatable bonds is 13. The van der Waals surface area contributed by atoms with Crippen molar-refractivity contribution in [2.75, 3.05) is 18.2 Å². The molecule has 10 nitrogen and oxygen atoms in total. The molecule has 5 aromatic rings. The Balaban J connectivity index is 1.46. The average molecular weight is 753 g/mol. The molecular formula is C41H40N2O8S2. The Bertz CT molecular complexity index is 2040. The van der Waals surface area contributed by atoms with Gasteiger partial charge in [-0.3, -0.25) is 4.79 Å². The van der Waals surface area contributed by atoms with E-state index in [0.717, 1.165) is 0 Å². The van der Waals surface area contributed by atoms with E-state index in [4.69, 9.17) is 14.2 Å². The lowest BCUT2D eigenvalue weighted by molar-refractivity contribution is -0.117. The highest BCUT2D eigenvalue weighted by atomic mass is 33.1. The fraction of sp³-hybridized carbons (Fsp3) is 0.195. The first-order valence-electron chi connectivity index (χ1n) is 16.6. The number of anilines is 1. The predicted octanol–water partition coefficient (Wildman–Crippen LogP) is 8.15. The SMILES string of the molecule is COC(=O)c1cccc(Oc2cccc(NC(=O)[C@H](CSS(=O)(=O)C(c3ccccc3)(c3ccccc3)c3ccccc3)NC(=O)OC(C)(C)C)c2)c1. The highest BCUT2D eigenvalue weighted by Gasteiger charge is 2.49. The third-order valence-electron chi connectivity index (χ3n) is 7.91. The van der Waals surface area contributed by atoms with Crippen LogP contribution >= 0.6 is 10.8 Å². The third kappa shape index (κ3) is 9.45. The second kappa shape index (κ2) is 16.8. The lowest BCUT2D eigenvalue weighted by Crippen LogP contribution is -2.48. The maximum atomic E-state index is 15.0. The molecule has 0 aromatic heterocycles. The van der Waals surface area contributed by atoms with Crippen LogP contribution in [-0.4, -0.2) is 50.9 Å². The van der Waals surface area contributed by atoms with Crippen LogP contribution in [-0.2, 0) is 27.9 Å². The summed E-state index contributed by atoms with van der Waals surface area (Å²) in [6.07, 6.45) is -0.890. The monoisotopic (exact) mass is 752 g/mol. The Morgan fingerprint density at radius 1 is 0.698 bits per heavy atom. The summed E-state index contributed by atoms with van der Waals surface area (Å²) < 4.78 is 44.5. The molecule has 1 atom stereocenters. The second-order valence-electron chi connectivity index (χ2n) is 12.9. The van der Waals surface area contributed by atoms with Gasteiger partial charge in [0.1, 0.15) is 23.1 Å². The van der Waals surface area contributed by atoms with Gasteiger partial charge in [0.2, 0.25) is 14.8 Å². The van der Waals surface area contributed by atoms with Gasteiger partial charge in [-0.1, -0.05) is 103 Å². The molecule has 0 fully saturated rings. The minimum atomic E-state index is -4.28. The second-order valence-corrected chi connectivity index (χ2v) is 17.0. The van der Waals surface area contributed by atoms with Gasteiger partial charge in [0.15, 0.2) is 4.75 Å². The van der Waals surface area contributed by atoms with Crippen molar-refractivity contribution >= 4 is 43.3 Å². The molecule has 12 heteroatoms. The van der Waals surface area contributed by atoms with Crippen molar-refractivity contribution in [2.45, 2.75) is 37.2 Å². The van der Waals surface area contributed by atoms with Crippen LogP contribution in [0.4, 0.5) is 10.5 Å². The van der Waals surface area contributed by atoms with Crippen molar-refractivity contribution in [2.24, 2.45) is 0 Å². The van der Waals surface area contributed by atoms with Crippen molar-refractivity contribution in [3.8, 4) is 11.5 Å². The summed E-state index contributed by atoms with van der Waals surface area (Å²) in [6, 6.07) is 38.3. The number of esters is 1. The molecule has 0 heterocycles. The Morgan fingerprint density at radius 2 is 1.21 bits per heavy atom. The van der Waals surface area contributed by atoms with Gasteiger partial charge in [0.05, 0.1) is 12.7 Å². The summed E-state index contributed by atoms with van der Waals surface area (Å²) >= 11 is 0. The van der Waals surface area contributed by atoms with Gasteiger partial charge >= 0.3 is 12.1 Å². The minimum Gasteiger partial charge on any atom is -0.465 e. The molecule has 0 saturated carbocycles. The molecule has 0 saturated heterocycles. The van der Waals surface area contributed by atoms with E-state index in [-0.39, 0.29) is 5.75 Å². The number of nitrogens with one attached hydrogen (secondary N) is 2. The van der Waals surface area contributed by atoms with E-state index >= 15 is 0 Å². The molecule has 0 spiro atoms. The number of benzene rings is 5. The summed E-state index contributed by atoms with van der Waals surface area (Å²) in [4.78, 5) is 39.0. The van der Waals surface area contributed by atoms with Crippen LogP contribution < -0.4 is 15.4 Å². The highest BCUT2D eigenvalue weighted by Crippen LogP contribution is 2.48. The van der Waals surface area contributed by atoms with Gasteiger partial charge in [-0.15, -0.1) is 0 Å². The number of hydrogen-bond acceptors (Lipinski definition) is 9. The van der Waals surface area contributed by atoms with Crippen LogP contribution in [0.3, 0.4) is 0 Å². The first-order valence-corrected chi connectivity index (χ1v) is 19.6. The van der Waals surface area contributed by atoms with E-state index in [1.807, 2.05) is 18.2 Å². The lowest BCUT2D eigenvalue weighted by Gasteiger charge is -2.35. The maximum Gasteiger partial charge on any atom is 0.408 e. The summed E-state index contributed by atoms with van der Waals surface area (Å²) in [5, 5.41) is 5.35. The Labute approximate surface area is 313 Å². The largest absolute Gasteiger partial charge is 0.465 e. The maximum absolute atomic E-state index is 15.0. The van der Waals surface area contributed by atoms with Crippen LogP contribution in [0, 0.1) is 0 Å². The van der Waals surface area contributed by atoms with E-state index in [1.165, 1.54) is 13.2 Å². The molecule has 0 aliphatic carbocycles. The number of amides is 2. The van der Waals surface area contributed by atoms with Gasteiger partial charge in [-0.2, -0.15) is 0 Å². The zero-order valence-corrected chi connectivity index (χ0v) is 31.3. The van der Waals surface area contributed by atoms with Crippen LogP contribution in [0.15, 0.2) is 140 Å². The molecule has 5 aromatic carbocycles. The molecule has 0 unspecified atom stereocenters. The van der Waals surface area contributed by atoms with E-state index in [0.29, 0.717) is 50.2 Å². The zero-order chi connectivity index (χ0) is 38.1. The average Bonchev–Trinajstić information content (AvgIpc) is 3.14. The van der Waals surface area contributed by atoms with Crippen molar-refractivity contribution < 1.29 is 37.0 Å². The van der Waals surface area contributed by atoms with Crippen LogP contribution in [0.5, 0.6) is 11.5 Å². The molecule has 274 valence electrons. The molecule has 0 aliphatic rings. The number of hydrogen-bond donors (Lipinski definition) is 2. The van der Waals surface area contributed by atoms with Gasteiger partial charge in [-0.25, -0.2) is 18.0 Å². The molecule has 0 bridgehead atoms. The first-order chi connectivity index (χ1) is 25.3. The van der Waals surface area contributed by atoms with Gasteiger partial charge in [-0.05, 0) is 78.6 Å². The Morgan fingerprint density at radius 3 is 1.72 bits per heavy atom. The normalized spacial score (nSPS) is 12.2. The molecule has 2 N–H and O–H groups in total. The number of carbonyl (C=O) groups excluding carboxylic acids is 3. The van der Waals surface area contributed by atoms with Gasteiger partial charge in [0.25, 0.3) is 0 Å². The molecule has 0 radical (unpaired) electrons. The summed E-state index contributed by atoms with van der Waals surface area (Å²) in [7, 11) is -2.43. The van der Waals surface area contributed by atoms with Gasteiger partial charge < -0.3 is 24.8 Å². The minimum absolute atomic E-state index is 0.300. The fourth-order valence-electron chi connectivity index (χ4n) is 5.64. The number of carbonyl (C=O) groups is 3. The fourth-order valence-corrected chi connectivity index (χ4v) is 9.98. The van der Waals surface area contributed by atoms with Crippen LogP contribution in [0.25, 0.3) is 0 Å². The molecule has 0 aliphatic heterocycles. The van der Waals surface area contributed by atoms with Crippen molar-refractivity contribution in [3.63, 3.8) is 0 Å². The lowest BCUT2D eigenvalue weighted by atomic mass is 9.84. The first kappa shape index (κ1) is 38.6. The standard InChI is InChI=1S/C41H40N2O8S2/c1-40(2,3)51-39(46)43-36(37(44)42-33-23-15-25-35(27-33)50-34-24-14-16-29(26-34)38(45)49-4)28-52-53(47,48)41(30-17-8-5-9-18-30,31-19-10-6-11-20-31)32-21-12-7-13-22-32/h5-27,36H,28H2,1-4H3,(H,42,44)(H,43,46)/t36-/m0/s1. The number of methoxy groups -OCH3 is 1. The number of alkyl carbamates (subject to hydrolysis) is 1.